The molecule has 2 rings (SSSR count). The van der Waals surface area contributed by atoms with E-state index < -0.39 is 5.97 Å². The van der Waals surface area contributed by atoms with Crippen molar-refractivity contribution in [2.24, 2.45) is 0 Å². The van der Waals surface area contributed by atoms with Gasteiger partial charge in [0.25, 0.3) is 5.91 Å². The summed E-state index contributed by atoms with van der Waals surface area (Å²) in [5.74, 6) is 0.0814. The number of nitrogens with one attached hydrogen (secondary N) is 1. The van der Waals surface area contributed by atoms with Crippen molar-refractivity contribution < 1.29 is 23.8 Å². The van der Waals surface area contributed by atoms with Crippen LogP contribution in [-0.4, -0.2) is 31.7 Å². The molecule has 1 N–H and O–H groups in total. The summed E-state index contributed by atoms with van der Waals surface area (Å²) in [6, 6.07) is 10.8. The number of hydrogen-bond acceptors (Lipinski definition) is 5. The minimum absolute atomic E-state index is 0.300. The molecular formula is C22H27NO5. The zero-order valence-electron chi connectivity index (χ0n) is 16.8. The number of hydrogen-bond donors (Lipinski definition) is 1. The lowest BCUT2D eigenvalue weighted by molar-refractivity contribution is -0.124. The Morgan fingerprint density at radius 1 is 0.893 bits per heavy atom. The molecular weight excluding hydrogens is 358 g/mol. The highest BCUT2D eigenvalue weighted by atomic mass is 16.5. The number of rotatable bonds is 9. The van der Waals surface area contributed by atoms with Crippen LogP contribution in [0.3, 0.4) is 0 Å². The third-order valence-electron chi connectivity index (χ3n) is 4.17. The van der Waals surface area contributed by atoms with Crippen LogP contribution in [0.25, 0.3) is 0 Å². The van der Waals surface area contributed by atoms with Crippen molar-refractivity contribution in [1.82, 2.24) is 5.32 Å². The highest BCUT2D eigenvalue weighted by Crippen LogP contribution is 2.28. The number of carbonyl (C=O) groups is 2. The topological polar surface area (TPSA) is 73.9 Å². The molecule has 6 nitrogen and oxygen atoms in total. The molecule has 0 atom stereocenters. The first-order chi connectivity index (χ1) is 13.4. The molecule has 0 heterocycles. The largest absolute Gasteiger partial charge is 0.490 e. The van der Waals surface area contributed by atoms with E-state index in [-0.39, 0.29) is 12.5 Å². The molecule has 28 heavy (non-hydrogen) atoms. The second-order valence-electron chi connectivity index (χ2n) is 6.30. The molecule has 1 amide bonds. The first-order valence-corrected chi connectivity index (χ1v) is 9.34. The normalized spacial score (nSPS) is 10.3. The Bertz CT molecular complexity index is 832. The zero-order valence-corrected chi connectivity index (χ0v) is 16.8. The van der Waals surface area contributed by atoms with Gasteiger partial charge in [-0.15, -0.1) is 0 Å². The first-order valence-electron chi connectivity index (χ1n) is 9.34. The van der Waals surface area contributed by atoms with Crippen molar-refractivity contribution in [3.05, 3.63) is 58.7 Å². The molecule has 0 saturated carbocycles. The summed E-state index contributed by atoms with van der Waals surface area (Å²) in [7, 11) is 0. The number of benzene rings is 2. The summed E-state index contributed by atoms with van der Waals surface area (Å²) in [5, 5.41) is 2.75. The van der Waals surface area contributed by atoms with Gasteiger partial charge < -0.3 is 19.5 Å². The van der Waals surface area contributed by atoms with Gasteiger partial charge in [-0.25, -0.2) is 4.79 Å². The summed E-state index contributed by atoms with van der Waals surface area (Å²) in [6.07, 6.45) is 0. The number of amides is 1. The Labute approximate surface area is 165 Å². The van der Waals surface area contributed by atoms with Gasteiger partial charge in [0.15, 0.2) is 18.1 Å². The number of aryl methyl sites for hydroxylation is 2. The van der Waals surface area contributed by atoms with Crippen LogP contribution in [-0.2, 0) is 16.1 Å². The van der Waals surface area contributed by atoms with Crippen molar-refractivity contribution in [3.63, 3.8) is 0 Å². The lowest BCUT2D eigenvalue weighted by atomic mass is 10.1. The van der Waals surface area contributed by atoms with Gasteiger partial charge in [0.1, 0.15) is 0 Å². The van der Waals surface area contributed by atoms with Crippen LogP contribution >= 0.6 is 0 Å². The van der Waals surface area contributed by atoms with Crippen LogP contribution in [0.5, 0.6) is 11.5 Å². The van der Waals surface area contributed by atoms with E-state index in [2.05, 4.69) is 5.32 Å². The van der Waals surface area contributed by atoms with Gasteiger partial charge in [0, 0.05) is 6.54 Å². The van der Waals surface area contributed by atoms with Crippen LogP contribution in [0.2, 0.25) is 0 Å². The van der Waals surface area contributed by atoms with Gasteiger partial charge in [-0.3, -0.25) is 4.79 Å². The number of ether oxygens (including phenoxy) is 3. The molecule has 150 valence electrons. The molecule has 0 fully saturated rings. The number of esters is 1. The average molecular weight is 385 g/mol. The van der Waals surface area contributed by atoms with E-state index in [9.17, 15) is 9.59 Å². The van der Waals surface area contributed by atoms with Crippen molar-refractivity contribution in [1.29, 1.82) is 0 Å². The molecule has 6 heteroatoms. The predicted molar refractivity (Wildman–Crippen MR) is 107 cm³/mol. The molecule has 2 aromatic carbocycles. The predicted octanol–water partition coefficient (Wildman–Crippen LogP) is 3.57. The van der Waals surface area contributed by atoms with E-state index in [4.69, 9.17) is 14.2 Å². The van der Waals surface area contributed by atoms with Crippen molar-refractivity contribution in [3.8, 4) is 11.5 Å². The van der Waals surface area contributed by atoms with E-state index in [1.807, 2.05) is 45.9 Å². The molecule has 0 spiro atoms. The Hall–Kier alpha value is -3.02. The van der Waals surface area contributed by atoms with Crippen molar-refractivity contribution in [2.75, 3.05) is 19.8 Å². The van der Waals surface area contributed by atoms with Crippen LogP contribution < -0.4 is 14.8 Å². The van der Waals surface area contributed by atoms with Crippen LogP contribution in [0.4, 0.5) is 0 Å². The molecule has 0 radical (unpaired) electrons. The van der Waals surface area contributed by atoms with Gasteiger partial charge >= 0.3 is 5.97 Å². The summed E-state index contributed by atoms with van der Waals surface area (Å²) in [5.41, 5.74) is 3.66. The highest BCUT2D eigenvalue weighted by molar-refractivity contribution is 5.92. The lowest BCUT2D eigenvalue weighted by Gasteiger charge is -2.12. The SMILES string of the molecule is CCOc1ccc(C(=O)OCC(=O)NCc2ccc(C)c(C)c2)cc1OCC. The summed E-state index contributed by atoms with van der Waals surface area (Å²) in [4.78, 5) is 24.2. The van der Waals surface area contributed by atoms with E-state index in [1.54, 1.807) is 18.2 Å². The number of carbonyl (C=O) groups excluding carboxylic acids is 2. The van der Waals surface area contributed by atoms with Gasteiger partial charge in [0.05, 0.1) is 18.8 Å². The molecule has 2 aromatic rings. The Kier molecular flexibility index (Phi) is 7.87. The van der Waals surface area contributed by atoms with E-state index in [1.165, 1.54) is 11.1 Å². The maximum atomic E-state index is 12.2. The molecule has 0 saturated heterocycles. The molecule has 0 aliphatic heterocycles. The average Bonchev–Trinajstić information content (AvgIpc) is 2.68. The van der Waals surface area contributed by atoms with E-state index in [0.29, 0.717) is 36.8 Å². The summed E-state index contributed by atoms with van der Waals surface area (Å²) in [6.45, 7) is 8.75. The van der Waals surface area contributed by atoms with E-state index >= 15 is 0 Å². The third-order valence-corrected chi connectivity index (χ3v) is 4.17. The summed E-state index contributed by atoms with van der Waals surface area (Å²) < 4.78 is 16.1. The standard InChI is InChI=1S/C22H27NO5/c1-5-26-19-10-9-18(12-20(19)27-6-2)22(25)28-14-21(24)23-13-17-8-7-15(3)16(4)11-17/h7-12H,5-6,13-14H2,1-4H3,(H,23,24). The second kappa shape index (κ2) is 10.3. The minimum Gasteiger partial charge on any atom is -0.490 e. The zero-order chi connectivity index (χ0) is 20.5. The van der Waals surface area contributed by atoms with Crippen molar-refractivity contribution in [2.45, 2.75) is 34.2 Å². The van der Waals surface area contributed by atoms with Gasteiger partial charge in [-0.05, 0) is 62.6 Å². The van der Waals surface area contributed by atoms with Crippen LogP contribution in [0, 0.1) is 13.8 Å². The van der Waals surface area contributed by atoms with Crippen molar-refractivity contribution >= 4 is 11.9 Å². The minimum atomic E-state index is -0.592. The Morgan fingerprint density at radius 3 is 2.29 bits per heavy atom. The van der Waals surface area contributed by atoms with Crippen LogP contribution in [0.1, 0.15) is 40.9 Å². The van der Waals surface area contributed by atoms with Gasteiger partial charge in [-0.2, -0.15) is 0 Å². The molecule has 0 aromatic heterocycles. The van der Waals surface area contributed by atoms with E-state index in [0.717, 1.165) is 5.56 Å². The molecule has 0 unspecified atom stereocenters. The third kappa shape index (κ3) is 6.01. The monoisotopic (exact) mass is 385 g/mol. The first kappa shape index (κ1) is 21.3. The maximum absolute atomic E-state index is 12.2. The fourth-order valence-electron chi connectivity index (χ4n) is 2.56. The van der Waals surface area contributed by atoms with Gasteiger partial charge in [-0.1, -0.05) is 18.2 Å². The molecule has 0 bridgehead atoms. The van der Waals surface area contributed by atoms with Gasteiger partial charge in [0.2, 0.25) is 0 Å². The Balaban J connectivity index is 1.89. The lowest BCUT2D eigenvalue weighted by Crippen LogP contribution is -2.28. The quantitative estimate of drug-likeness (QED) is 0.668. The maximum Gasteiger partial charge on any atom is 0.338 e. The molecule has 0 aliphatic carbocycles. The Morgan fingerprint density at radius 2 is 1.61 bits per heavy atom. The second-order valence-corrected chi connectivity index (χ2v) is 6.30. The smallest absolute Gasteiger partial charge is 0.338 e. The highest BCUT2D eigenvalue weighted by Gasteiger charge is 2.14. The fraction of sp³-hybridized carbons (Fsp3) is 0.364. The van der Waals surface area contributed by atoms with Crippen LogP contribution in [0.15, 0.2) is 36.4 Å². The molecule has 0 aliphatic rings. The fourth-order valence-corrected chi connectivity index (χ4v) is 2.56. The summed E-state index contributed by atoms with van der Waals surface area (Å²) >= 11 is 0.